The summed E-state index contributed by atoms with van der Waals surface area (Å²) in [6.07, 6.45) is 0. The van der Waals surface area contributed by atoms with Crippen molar-refractivity contribution in [3.8, 4) is 22.5 Å². The lowest BCUT2D eigenvalue weighted by atomic mass is 9.87. The fourth-order valence-corrected chi connectivity index (χ4v) is 3.97. The topological polar surface area (TPSA) is 78.5 Å². The minimum Gasteiger partial charge on any atom is -0.298 e. The van der Waals surface area contributed by atoms with Crippen molar-refractivity contribution in [3.05, 3.63) is 71.6 Å². The zero-order valence-corrected chi connectivity index (χ0v) is 18.1. The van der Waals surface area contributed by atoms with Crippen LogP contribution < -0.4 is 0 Å². The molecule has 164 valence electrons. The summed E-state index contributed by atoms with van der Waals surface area (Å²) in [7, 11) is 3.44. The highest BCUT2D eigenvalue weighted by atomic mass is 19.1. The van der Waals surface area contributed by atoms with Crippen molar-refractivity contribution < 1.29 is 13.6 Å². The molecule has 0 saturated heterocycles. The Morgan fingerprint density at radius 2 is 1.06 bits per heavy atom. The zero-order valence-electron chi connectivity index (χ0n) is 18.1. The van der Waals surface area contributed by atoms with Crippen molar-refractivity contribution >= 4 is 5.78 Å². The number of aryl methyl sites for hydroxylation is 2. The second-order valence-corrected chi connectivity index (χ2v) is 7.75. The molecule has 0 aliphatic carbocycles. The van der Waals surface area contributed by atoms with Gasteiger partial charge in [0, 0.05) is 25.2 Å². The van der Waals surface area contributed by atoms with Crippen LogP contribution in [-0.4, -0.2) is 35.8 Å². The first-order valence-electron chi connectivity index (χ1n) is 10.1. The van der Waals surface area contributed by atoms with E-state index in [0.29, 0.717) is 33.9 Å². The first-order valence-corrected chi connectivity index (χ1v) is 10.1. The molecular formula is C23H22F2N6O. The van der Waals surface area contributed by atoms with Gasteiger partial charge >= 0.3 is 0 Å². The number of nitrogens with zero attached hydrogens (tertiary/aromatic N) is 6. The minimum absolute atomic E-state index is 0.0764. The summed E-state index contributed by atoms with van der Waals surface area (Å²) in [6.45, 7) is 3.60. The number of benzene rings is 2. The molecule has 0 bridgehead atoms. The maximum absolute atomic E-state index is 13.6. The van der Waals surface area contributed by atoms with E-state index in [1.54, 1.807) is 61.6 Å². The number of aromatic nitrogens is 6. The van der Waals surface area contributed by atoms with Crippen LogP contribution in [-0.2, 0) is 18.9 Å². The fourth-order valence-electron chi connectivity index (χ4n) is 3.97. The predicted molar refractivity (Wildman–Crippen MR) is 115 cm³/mol. The van der Waals surface area contributed by atoms with Gasteiger partial charge in [-0.15, -0.1) is 10.2 Å². The number of carbonyl (C=O) groups is 1. The average Bonchev–Trinajstić information content (AvgIpc) is 3.36. The molecule has 0 N–H and O–H groups in total. The van der Waals surface area contributed by atoms with Crippen molar-refractivity contribution in [3.63, 3.8) is 0 Å². The van der Waals surface area contributed by atoms with E-state index in [0.717, 1.165) is 0 Å². The number of hydrogen-bond donors (Lipinski definition) is 0. The molecule has 2 atom stereocenters. The smallest absolute Gasteiger partial charge is 0.150 e. The highest BCUT2D eigenvalue weighted by Gasteiger charge is 2.32. The van der Waals surface area contributed by atoms with Crippen LogP contribution in [0.1, 0.15) is 37.1 Å². The minimum atomic E-state index is -0.555. The van der Waals surface area contributed by atoms with Crippen LogP contribution in [0.25, 0.3) is 22.5 Å². The molecule has 0 radical (unpaired) electrons. The summed E-state index contributed by atoms with van der Waals surface area (Å²) < 4.78 is 29.9. The largest absolute Gasteiger partial charge is 0.298 e. The van der Waals surface area contributed by atoms with Crippen LogP contribution in [0, 0.1) is 11.6 Å². The van der Waals surface area contributed by atoms with E-state index in [-0.39, 0.29) is 17.4 Å². The maximum Gasteiger partial charge on any atom is 0.150 e. The third kappa shape index (κ3) is 3.81. The third-order valence-electron chi connectivity index (χ3n) is 5.65. The summed E-state index contributed by atoms with van der Waals surface area (Å²) in [4.78, 5) is 13.6. The molecule has 0 aliphatic heterocycles. The molecule has 9 heteroatoms. The summed E-state index contributed by atoms with van der Waals surface area (Å²) in [5, 5.41) is 16.6. The van der Waals surface area contributed by atoms with Crippen molar-refractivity contribution in [2.75, 3.05) is 0 Å². The first kappa shape index (κ1) is 21.5. The summed E-state index contributed by atoms with van der Waals surface area (Å²) in [6, 6.07) is 11.8. The molecule has 0 spiro atoms. The van der Waals surface area contributed by atoms with Crippen molar-refractivity contribution in [2.24, 2.45) is 14.1 Å². The van der Waals surface area contributed by atoms with Gasteiger partial charge in [-0.3, -0.25) is 14.2 Å². The van der Waals surface area contributed by atoms with Crippen molar-refractivity contribution in [1.29, 1.82) is 0 Å². The number of Topliss-reactive ketones (excluding diaryl/α,β-unsaturated/α-hetero) is 1. The molecule has 4 aromatic rings. The Hall–Kier alpha value is -3.75. The summed E-state index contributed by atoms with van der Waals surface area (Å²) >= 11 is 0. The van der Waals surface area contributed by atoms with Gasteiger partial charge in [-0.2, -0.15) is 0 Å². The van der Waals surface area contributed by atoms with Crippen LogP contribution >= 0.6 is 0 Å². The lowest BCUT2D eigenvalue weighted by molar-refractivity contribution is -0.121. The van der Waals surface area contributed by atoms with Crippen molar-refractivity contribution in [2.45, 2.75) is 25.7 Å². The summed E-state index contributed by atoms with van der Waals surface area (Å²) in [5.74, 6) is -1.89. The SMILES string of the molecule is CC(C(=O)C(C)c1c(-c2ccc(F)cc2)nnn1C)c1c(-c2ccc(F)cc2)nnn1C. The molecular weight excluding hydrogens is 414 g/mol. The Morgan fingerprint density at radius 1 is 0.719 bits per heavy atom. The number of halogens is 2. The monoisotopic (exact) mass is 436 g/mol. The van der Waals surface area contributed by atoms with Crippen molar-refractivity contribution in [1.82, 2.24) is 30.0 Å². The quantitative estimate of drug-likeness (QED) is 0.456. The van der Waals surface area contributed by atoms with Crippen LogP contribution in [0.4, 0.5) is 8.78 Å². The Balaban J connectivity index is 1.70. The van der Waals surface area contributed by atoms with Gasteiger partial charge < -0.3 is 0 Å². The third-order valence-corrected chi connectivity index (χ3v) is 5.65. The molecule has 4 rings (SSSR count). The molecule has 7 nitrogen and oxygen atoms in total. The molecule has 32 heavy (non-hydrogen) atoms. The van der Waals surface area contributed by atoms with Gasteiger partial charge in [-0.1, -0.05) is 10.4 Å². The molecule has 0 fully saturated rings. The molecule has 2 aromatic carbocycles. The zero-order chi connectivity index (χ0) is 23.0. The van der Waals surface area contributed by atoms with Gasteiger partial charge in [0.25, 0.3) is 0 Å². The van der Waals surface area contributed by atoms with Crippen LogP contribution in [0.2, 0.25) is 0 Å². The second-order valence-electron chi connectivity index (χ2n) is 7.75. The number of ketones is 1. The maximum atomic E-state index is 13.6. The Labute approximate surface area is 183 Å². The predicted octanol–water partition coefficient (Wildman–Crippen LogP) is 4.03. The average molecular weight is 436 g/mol. The van der Waals surface area contributed by atoms with Gasteiger partial charge in [0.2, 0.25) is 0 Å². The van der Waals surface area contributed by atoms with E-state index in [1.807, 2.05) is 0 Å². The molecule has 2 unspecified atom stereocenters. The Kier molecular flexibility index (Phi) is 5.65. The van der Waals surface area contributed by atoms with Crippen LogP contribution in [0.5, 0.6) is 0 Å². The van der Waals surface area contributed by atoms with E-state index in [4.69, 9.17) is 0 Å². The highest BCUT2D eigenvalue weighted by Crippen LogP contribution is 2.34. The van der Waals surface area contributed by atoms with E-state index >= 15 is 0 Å². The van der Waals surface area contributed by atoms with Gasteiger partial charge in [-0.25, -0.2) is 8.78 Å². The summed E-state index contributed by atoms with van der Waals surface area (Å²) in [5.41, 5.74) is 3.68. The standard InChI is InChI=1S/C23H22F2N6O/c1-13(21-19(26-28-30(21)3)15-5-9-17(24)10-6-15)23(32)14(2)22-20(27-29-31(22)4)16-7-11-18(25)12-8-16/h5-14H,1-4H3. The molecule has 0 saturated carbocycles. The van der Waals surface area contributed by atoms with Gasteiger partial charge in [0.15, 0.2) is 5.78 Å². The lowest BCUT2D eigenvalue weighted by Gasteiger charge is -2.18. The number of rotatable bonds is 6. The number of hydrogen-bond acceptors (Lipinski definition) is 5. The second kappa shape index (κ2) is 8.41. The van der Waals surface area contributed by atoms with E-state index < -0.39 is 11.8 Å². The van der Waals surface area contributed by atoms with E-state index in [1.165, 1.54) is 24.3 Å². The van der Waals surface area contributed by atoms with Crippen LogP contribution in [0.15, 0.2) is 48.5 Å². The molecule has 0 aliphatic rings. The van der Waals surface area contributed by atoms with E-state index in [2.05, 4.69) is 20.6 Å². The van der Waals surface area contributed by atoms with Gasteiger partial charge in [-0.05, 0) is 62.4 Å². The Bertz CT molecular complexity index is 1160. The van der Waals surface area contributed by atoms with Gasteiger partial charge in [0.05, 0.1) is 23.2 Å². The lowest BCUT2D eigenvalue weighted by Crippen LogP contribution is -2.21. The van der Waals surface area contributed by atoms with E-state index in [9.17, 15) is 13.6 Å². The molecule has 2 heterocycles. The highest BCUT2D eigenvalue weighted by molar-refractivity contribution is 5.93. The van der Waals surface area contributed by atoms with Crippen LogP contribution in [0.3, 0.4) is 0 Å². The first-order chi connectivity index (χ1) is 15.3. The normalized spacial score (nSPS) is 13.2. The molecule has 0 amide bonds. The Morgan fingerprint density at radius 3 is 1.41 bits per heavy atom. The number of carbonyl (C=O) groups excluding carboxylic acids is 1. The van der Waals surface area contributed by atoms with Gasteiger partial charge in [0.1, 0.15) is 23.0 Å². The molecule has 2 aromatic heterocycles. The fraction of sp³-hybridized carbons (Fsp3) is 0.261.